The third-order valence-corrected chi connectivity index (χ3v) is 2.19. The summed E-state index contributed by atoms with van der Waals surface area (Å²) in [5.41, 5.74) is 4.98. The summed E-state index contributed by atoms with van der Waals surface area (Å²) in [5, 5.41) is 2.97. The van der Waals surface area contributed by atoms with Gasteiger partial charge in [0.2, 0.25) is 5.91 Å². The van der Waals surface area contributed by atoms with Gasteiger partial charge in [0.25, 0.3) is 0 Å². The van der Waals surface area contributed by atoms with Crippen LogP contribution in [0.2, 0.25) is 0 Å². The minimum atomic E-state index is -0.387. The van der Waals surface area contributed by atoms with Crippen molar-refractivity contribution in [1.29, 1.82) is 0 Å². The van der Waals surface area contributed by atoms with Crippen molar-refractivity contribution in [1.82, 2.24) is 10.2 Å². The summed E-state index contributed by atoms with van der Waals surface area (Å²) in [4.78, 5) is 23.2. The van der Waals surface area contributed by atoms with Gasteiger partial charge < -0.3 is 20.7 Å². The minimum absolute atomic E-state index is 0.140. The fraction of sp³-hybridized carbons (Fsp3) is 0.750. The average molecular weight is 201 g/mol. The maximum absolute atomic E-state index is 11.1. The zero-order valence-electron chi connectivity index (χ0n) is 8.16. The van der Waals surface area contributed by atoms with Crippen molar-refractivity contribution in [2.75, 3.05) is 26.7 Å². The van der Waals surface area contributed by atoms with Crippen LogP contribution in [0.4, 0.5) is 4.79 Å². The van der Waals surface area contributed by atoms with Gasteiger partial charge in [-0.25, -0.2) is 4.79 Å². The van der Waals surface area contributed by atoms with Crippen molar-refractivity contribution in [3.63, 3.8) is 0 Å². The molecule has 0 bridgehead atoms. The Morgan fingerprint density at radius 1 is 1.64 bits per heavy atom. The lowest BCUT2D eigenvalue weighted by atomic mass is 10.2. The van der Waals surface area contributed by atoms with Gasteiger partial charge in [-0.3, -0.25) is 4.79 Å². The molecule has 2 amide bonds. The van der Waals surface area contributed by atoms with E-state index in [0.717, 1.165) is 6.42 Å². The Labute approximate surface area is 82.4 Å². The molecular formula is C8H15N3O3. The van der Waals surface area contributed by atoms with Crippen molar-refractivity contribution in [3.05, 3.63) is 0 Å². The summed E-state index contributed by atoms with van der Waals surface area (Å²) in [7, 11) is 1.35. The Morgan fingerprint density at radius 3 is 2.93 bits per heavy atom. The molecule has 1 unspecified atom stereocenters. The first-order valence-electron chi connectivity index (χ1n) is 4.48. The van der Waals surface area contributed by atoms with E-state index in [1.807, 2.05) is 0 Å². The molecule has 1 saturated heterocycles. The molecule has 1 atom stereocenters. The van der Waals surface area contributed by atoms with Gasteiger partial charge in [-0.05, 0) is 6.42 Å². The van der Waals surface area contributed by atoms with Gasteiger partial charge in [0, 0.05) is 19.1 Å². The fourth-order valence-corrected chi connectivity index (χ4v) is 1.47. The number of carbonyl (C=O) groups is 2. The van der Waals surface area contributed by atoms with Crippen LogP contribution >= 0.6 is 0 Å². The molecule has 6 heteroatoms. The van der Waals surface area contributed by atoms with Crippen LogP contribution in [-0.2, 0) is 9.53 Å². The van der Waals surface area contributed by atoms with E-state index in [-0.39, 0.29) is 24.6 Å². The lowest BCUT2D eigenvalue weighted by molar-refractivity contribution is -0.117. The van der Waals surface area contributed by atoms with Crippen LogP contribution in [0.25, 0.3) is 0 Å². The van der Waals surface area contributed by atoms with Crippen molar-refractivity contribution in [2.24, 2.45) is 5.73 Å². The Morgan fingerprint density at radius 2 is 2.36 bits per heavy atom. The third kappa shape index (κ3) is 2.88. The molecule has 0 spiro atoms. The summed E-state index contributed by atoms with van der Waals surface area (Å²) >= 11 is 0. The third-order valence-electron chi connectivity index (χ3n) is 2.19. The molecule has 0 saturated carbocycles. The number of nitrogens with one attached hydrogen (secondary N) is 1. The van der Waals surface area contributed by atoms with Crippen LogP contribution in [0.3, 0.4) is 0 Å². The first-order valence-corrected chi connectivity index (χ1v) is 4.48. The van der Waals surface area contributed by atoms with E-state index < -0.39 is 0 Å². The summed E-state index contributed by atoms with van der Waals surface area (Å²) < 4.78 is 4.58. The highest BCUT2D eigenvalue weighted by molar-refractivity contribution is 5.76. The van der Waals surface area contributed by atoms with Crippen LogP contribution in [-0.4, -0.2) is 49.7 Å². The molecule has 0 aromatic carbocycles. The molecule has 0 aromatic rings. The minimum Gasteiger partial charge on any atom is -0.453 e. The highest BCUT2D eigenvalue weighted by Crippen LogP contribution is 2.09. The molecule has 3 N–H and O–H groups in total. The largest absolute Gasteiger partial charge is 0.453 e. The second kappa shape index (κ2) is 4.80. The number of amides is 2. The average Bonchev–Trinajstić information content (AvgIpc) is 2.62. The normalized spacial score (nSPS) is 20.9. The number of nitrogens with two attached hydrogens (primary N) is 1. The molecule has 1 heterocycles. The van der Waals surface area contributed by atoms with Gasteiger partial charge in [0.05, 0.1) is 13.7 Å². The Kier molecular flexibility index (Phi) is 3.70. The van der Waals surface area contributed by atoms with E-state index in [1.165, 1.54) is 7.11 Å². The predicted molar refractivity (Wildman–Crippen MR) is 49.6 cm³/mol. The van der Waals surface area contributed by atoms with Crippen LogP contribution in [0, 0.1) is 0 Å². The molecular weight excluding hydrogens is 186 g/mol. The number of methoxy groups -OCH3 is 1. The highest BCUT2D eigenvalue weighted by Gasteiger charge is 2.26. The number of primary amides is 1. The van der Waals surface area contributed by atoms with Gasteiger partial charge >= 0.3 is 6.09 Å². The SMILES string of the molecule is COC(=O)N1CCC(NCC(N)=O)C1. The van der Waals surface area contributed by atoms with Crippen molar-refractivity contribution in [3.8, 4) is 0 Å². The van der Waals surface area contributed by atoms with Crippen molar-refractivity contribution in [2.45, 2.75) is 12.5 Å². The molecule has 1 fully saturated rings. The van der Waals surface area contributed by atoms with E-state index >= 15 is 0 Å². The molecule has 0 radical (unpaired) electrons. The lowest BCUT2D eigenvalue weighted by Gasteiger charge is -2.14. The maximum atomic E-state index is 11.1. The number of rotatable bonds is 3. The van der Waals surface area contributed by atoms with Crippen molar-refractivity contribution >= 4 is 12.0 Å². The molecule has 1 aliphatic heterocycles. The Hall–Kier alpha value is -1.30. The fourth-order valence-electron chi connectivity index (χ4n) is 1.47. The van der Waals surface area contributed by atoms with Crippen LogP contribution < -0.4 is 11.1 Å². The van der Waals surface area contributed by atoms with Crippen molar-refractivity contribution < 1.29 is 14.3 Å². The lowest BCUT2D eigenvalue weighted by Crippen LogP contribution is -2.39. The smallest absolute Gasteiger partial charge is 0.409 e. The number of carbonyl (C=O) groups excluding carboxylic acids is 2. The predicted octanol–water partition coefficient (Wildman–Crippen LogP) is -1.10. The van der Waals surface area contributed by atoms with E-state index in [0.29, 0.717) is 13.1 Å². The summed E-state index contributed by atoms with van der Waals surface area (Å²) in [6.07, 6.45) is 0.496. The summed E-state index contributed by atoms with van der Waals surface area (Å²) in [6, 6.07) is 0.140. The molecule has 1 rings (SSSR count). The van der Waals surface area contributed by atoms with Crippen LogP contribution in [0.1, 0.15) is 6.42 Å². The van der Waals surface area contributed by atoms with E-state index in [1.54, 1.807) is 4.90 Å². The topological polar surface area (TPSA) is 84.7 Å². The first-order chi connectivity index (χ1) is 6.63. The molecule has 80 valence electrons. The number of hydrogen-bond donors (Lipinski definition) is 2. The van der Waals surface area contributed by atoms with E-state index in [9.17, 15) is 9.59 Å². The van der Waals surface area contributed by atoms with Crippen LogP contribution in [0.5, 0.6) is 0 Å². The molecule has 0 aromatic heterocycles. The number of nitrogens with zero attached hydrogens (tertiary/aromatic N) is 1. The molecule has 1 aliphatic rings. The number of ether oxygens (including phenoxy) is 1. The monoisotopic (exact) mass is 201 g/mol. The second-order valence-corrected chi connectivity index (χ2v) is 3.25. The Bertz CT molecular complexity index is 232. The van der Waals surface area contributed by atoms with Gasteiger partial charge in [-0.1, -0.05) is 0 Å². The van der Waals surface area contributed by atoms with Gasteiger partial charge in [0.1, 0.15) is 0 Å². The van der Waals surface area contributed by atoms with E-state index in [4.69, 9.17) is 5.73 Å². The molecule has 0 aliphatic carbocycles. The van der Waals surface area contributed by atoms with Gasteiger partial charge in [0.15, 0.2) is 0 Å². The highest BCUT2D eigenvalue weighted by atomic mass is 16.5. The zero-order chi connectivity index (χ0) is 10.6. The second-order valence-electron chi connectivity index (χ2n) is 3.25. The maximum Gasteiger partial charge on any atom is 0.409 e. The molecule has 6 nitrogen and oxygen atoms in total. The zero-order valence-corrected chi connectivity index (χ0v) is 8.16. The summed E-state index contributed by atoms with van der Waals surface area (Å²) in [6.45, 7) is 1.38. The van der Waals surface area contributed by atoms with Gasteiger partial charge in [-0.2, -0.15) is 0 Å². The summed E-state index contributed by atoms with van der Waals surface area (Å²) in [5.74, 6) is -0.387. The Balaban J connectivity index is 2.27. The van der Waals surface area contributed by atoms with Crippen LogP contribution in [0.15, 0.2) is 0 Å². The quantitative estimate of drug-likeness (QED) is 0.607. The first kappa shape index (κ1) is 10.8. The van der Waals surface area contributed by atoms with E-state index in [2.05, 4.69) is 10.1 Å². The molecule has 14 heavy (non-hydrogen) atoms. The number of hydrogen-bond acceptors (Lipinski definition) is 4. The van der Waals surface area contributed by atoms with Gasteiger partial charge in [-0.15, -0.1) is 0 Å². The standard InChI is InChI=1S/C8H15N3O3/c1-14-8(13)11-3-2-6(5-11)10-4-7(9)12/h6,10H,2-5H2,1H3,(H2,9,12). The number of likely N-dealkylation sites (tertiary alicyclic amines) is 1.